The van der Waals surface area contributed by atoms with E-state index in [-0.39, 0.29) is 30.5 Å². The fourth-order valence-corrected chi connectivity index (χ4v) is 5.78. The minimum absolute atomic E-state index is 0.110. The maximum absolute atomic E-state index is 13.9. The van der Waals surface area contributed by atoms with Crippen molar-refractivity contribution in [3.05, 3.63) is 64.7 Å². The van der Waals surface area contributed by atoms with E-state index in [9.17, 15) is 24.3 Å². The molecule has 4 unspecified atom stereocenters. The monoisotopic (exact) mass is 651 g/mol. The lowest BCUT2D eigenvalue weighted by Crippen LogP contribution is -2.57. The van der Waals surface area contributed by atoms with Crippen LogP contribution in [0, 0.1) is 12.3 Å². The molecule has 12 N–H and O–H groups in total. The van der Waals surface area contributed by atoms with E-state index in [1.807, 2.05) is 44.3 Å². The number of primary amides is 1. The highest BCUT2D eigenvalue weighted by atomic mass is 16.3. The predicted molar refractivity (Wildman–Crippen MR) is 179 cm³/mol. The lowest BCUT2D eigenvalue weighted by Gasteiger charge is -2.30. The van der Waals surface area contributed by atoms with Gasteiger partial charge in [-0.2, -0.15) is 0 Å². The fraction of sp³-hybridized carbons (Fsp3) is 0.485. The number of hydrogen-bond acceptors (Lipinski definition) is 8. The van der Waals surface area contributed by atoms with Gasteiger partial charge in [-0.1, -0.05) is 30.3 Å². The number of hydrogen-bond donors (Lipinski definition) is 10. The summed E-state index contributed by atoms with van der Waals surface area (Å²) < 4.78 is 0. The van der Waals surface area contributed by atoms with Gasteiger partial charge in [0.2, 0.25) is 23.6 Å². The van der Waals surface area contributed by atoms with Gasteiger partial charge in [-0.25, -0.2) is 0 Å². The quantitative estimate of drug-likeness (QED) is 0.0579. The van der Waals surface area contributed by atoms with Gasteiger partial charge in [0.05, 0.1) is 5.92 Å². The SMILES string of the molecule is CNCCCCC(NC(=O)C(Cc1ccccc1)NC(=O)C(CCCNC(=N)N)NC(=O)C1CNCc2cc(O)cc(C)c21)C(N)=O. The largest absolute Gasteiger partial charge is 0.508 e. The molecule has 4 amide bonds. The van der Waals surface area contributed by atoms with Crippen molar-refractivity contribution in [2.24, 2.45) is 11.5 Å². The van der Waals surface area contributed by atoms with E-state index in [1.54, 1.807) is 12.1 Å². The van der Waals surface area contributed by atoms with Gasteiger partial charge in [0, 0.05) is 26.1 Å². The molecule has 0 aromatic heterocycles. The minimum atomic E-state index is -1.07. The van der Waals surface area contributed by atoms with E-state index in [0.717, 1.165) is 35.2 Å². The summed E-state index contributed by atoms with van der Waals surface area (Å²) in [5, 5.41) is 34.9. The van der Waals surface area contributed by atoms with Gasteiger partial charge in [0.15, 0.2) is 5.96 Å². The van der Waals surface area contributed by atoms with Crippen molar-refractivity contribution in [2.75, 3.05) is 26.7 Å². The van der Waals surface area contributed by atoms with Crippen molar-refractivity contribution in [1.29, 1.82) is 5.41 Å². The maximum atomic E-state index is 13.9. The topological polar surface area (TPSA) is 237 Å². The van der Waals surface area contributed by atoms with Crippen LogP contribution in [0.25, 0.3) is 0 Å². The van der Waals surface area contributed by atoms with E-state index in [1.165, 1.54) is 0 Å². The third kappa shape index (κ3) is 11.6. The van der Waals surface area contributed by atoms with Crippen LogP contribution < -0.4 is 43.4 Å². The van der Waals surface area contributed by atoms with Crippen LogP contribution in [0.4, 0.5) is 0 Å². The average molecular weight is 652 g/mol. The van der Waals surface area contributed by atoms with Crippen molar-refractivity contribution in [3.8, 4) is 5.75 Å². The predicted octanol–water partition coefficient (Wildman–Crippen LogP) is -0.277. The first-order chi connectivity index (χ1) is 22.5. The van der Waals surface area contributed by atoms with Crippen LogP contribution in [0.1, 0.15) is 60.3 Å². The van der Waals surface area contributed by atoms with E-state index < -0.39 is 41.8 Å². The Morgan fingerprint density at radius 1 is 0.936 bits per heavy atom. The molecular formula is C33H49N9O5. The fourth-order valence-electron chi connectivity index (χ4n) is 5.78. The number of nitrogens with one attached hydrogen (secondary N) is 7. The Kier molecular flexibility index (Phi) is 14.4. The third-order valence-corrected chi connectivity index (χ3v) is 8.15. The highest BCUT2D eigenvalue weighted by Gasteiger charge is 2.33. The number of aryl methyl sites for hydroxylation is 1. The van der Waals surface area contributed by atoms with Crippen LogP contribution in [0.5, 0.6) is 5.75 Å². The summed E-state index contributed by atoms with van der Waals surface area (Å²) in [4.78, 5) is 53.4. The summed E-state index contributed by atoms with van der Waals surface area (Å²) in [6.45, 7) is 3.71. The van der Waals surface area contributed by atoms with Crippen molar-refractivity contribution in [1.82, 2.24) is 31.9 Å². The second-order valence-corrected chi connectivity index (χ2v) is 11.9. The van der Waals surface area contributed by atoms with E-state index in [2.05, 4.69) is 31.9 Å². The Bertz CT molecular complexity index is 1390. The average Bonchev–Trinajstić information content (AvgIpc) is 3.03. The molecule has 0 fully saturated rings. The molecule has 2 aromatic rings. The second-order valence-electron chi connectivity index (χ2n) is 11.9. The molecule has 14 heteroatoms. The number of nitrogens with two attached hydrogens (primary N) is 2. The van der Waals surface area contributed by atoms with E-state index in [4.69, 9.17) is 16.9 Å². The first kappa shape index (κ1) is 36.8. The zero-order chi connectivity index (χ0) is 34.3. The number of rotatable bonds is 18. The van der Waals surface area contributed by atoms with Crippen molar-refractivity contribution in [3.63, 3.8) is 0 Å². The highest BCUT2D eigenvalue weighted by Crippen LogP contribution is 2.31. The first-order valence-corrected chi connectivity index (χ1v) is 16.0. The summed E-state index contributed by atoms with van der Waals surface area (Å²) in [7, 11) is 1.83. The van der Waals surface area contributed by atoms with Gasteiger partial charge in [0.1, 0.15) is 23.9 Å². The summed E-state index contributed by atoms with van der Waals surface area (Å²) in [6, 6.07) is 9.36. The number of carbonyl (C=O) groups is 4. The molecule has 0 saturated carbocycles. The number of phenolic OH excluding ortho intramolecular Hbond substituents is 1. The number of carbonyl (C=O) groups excluding carboxylic acids is 4. The molecule has 256 valence electrons. The zero-order valence-electron chi connectivity index (χ0n) is 27.2. The smallest absolute Gasteiger partial charge is 0.243 e. The molecule has 0 spiro atoms. The van der Waals surface area contributed by atoms with Crippen LogP contribution in [0.3, 0.4) is 0 Å². The number of unbranched alkanes of at least 4 members (excludes halogenated alkanes) is 1. The summed E-state index contributed by atoms with van der Waals surface area (Å²) in [5.74, 6) is -2.91. The van der Waals surface area contributed by atoms with Crippen LogP contribution >= 0.6 is 0 Å². The third-order valence-electron chi connectivity index (χ3n) is 8.15. The van der Waals surface area contributed by atoms with Gasteiger partial charge in [-0.3, -0.25) is 24.6 Å². The Morgan fingerprint density at radius 2 is 1.62 bits per heavy atom. The minimum Gasteiger partial charge on any atom is -0.508 e. The van der Waals surface area contributed by atoms with Gasteiger partial charge in [-0.15, -0.1) is 0 Å². The molecule has 0 bridgehead atoms. The Morgan fingerprint density at radius 3 is 2.30 bits per heavy atom. The lowest BCUT2D eigenvalue weighted by molar-refractivity contribution is -0.133. The van der Waals surface area contributed by atoms with E-state index >= 15 is 0 Å². The zero-order valence-corrected chi connectivity index (χ0v) is 27.2. The van der Waals surface area contributed by atoms with Crippen molar-refractivity contribution >= 4 is 29.6 Å². The molecule has 4 atom stereocenters. The lowest BCUT2D eigenvalue weighted by atomic mass is 9.86. The van der Waals surface area contributed by atoms with Crippen LogP contribution in [0.2, 0.25) is 0 Å². The summed E-state index contributed by atoms with van der Waals surface area (Å²) in [6.07, 6.45) is 2.52. The second kappa shape index (κ2) is 18.5. The number of amides is 4. The molecular weight excluding hydrogens is 602 g/mol. The maximum Gasteiger partial charge on any atom is 0.243 e. The van der Waals surface area contributed by atoms with Crippen molar-refractivity contribution in [2.45, 2.75) is 76.0 Å². The van der Waals surface area contributed by atoms with Gasteiger partial charge >= 0.3 is 0 Å². The van der Waals surface area contributed by atoms with Gasteiger partial charge in [-0.05, 0) is 87.0 Å². The Hall–Kier alpha value is -4.69. The molecule has 0 saturated heterocycles. The molecule has 1 aliphatic rings. The van der Waals surface area contributed by atoms with Crippen LogP contribution in [0.15, 0.2) is 42.5 Å². The van der Waals surface area contributed by atoms with Crippen molar-refractivity contribution < 1.29 is 24.3 Å². The molecule has 0 radical (unpaired) electrons. The number of fused-ring (bicyclic) bond motifs is 1. The normalized spacial score (nSPS) is 15.7. The molecule has 47 heavy (non-hydrogen) atoms. The molecule has 2 aromatic carbocycles. The van der Waals surface area contributed by atoms with Crippen LogP contribution in [-0.2, 0) is 32.1 Å². The van der Waals surface area contributed by atoms with Gasteiger partial charge < -0.3 is 48.5 Å². The van der Waals surface area contributed by atoms with Gasteiger partial charge in [0.25, 0.3) is 0 Å². The summed E-state index contributed by atoms with van der Waals surface area (Å²) in [5.41, 5.74) is 14.2. The Labute approximate surface area is 275 Å². The highest BCUT2D eigenvalue weighted by molar-refractivity contribution is 5.95. The molecule has 3 rings (SSSR count). The molecule has 1 aliphatic heterocycles. The molecule has 0 aliphatic carbocycles. The molecule has 1 heterocycles. The summed E-state index contributed by atoms with van der Waals surface area (Å²) >= 11 is 0. The first-order valence-electron chi connectivity index (χ1n) is 16.0. The Balaban J connectivity index is 1.82. The van der Waals surface area contributed by atoms with E-state index in [0.29, 0.717) is 38.9 Å². The number of phenols is 1. The number of aromatic hydroxyl groups is 1. The van der Waals surface area contributed by atoms with Crippen LogP contribution in [-0.4, -0.2) is 79.5 Å². The molecule has 14 nitrogen and oxygen atoms in total. The number of guanidine groups is 1. The standard InChI is InChI=1S/C33H49N9O5/c1-20-15-23(43)17-22-18-38-19-24(28(20)22)30(45)41-26(12-8-14-39-33(35)36)31(46)42-27(16-21-9-4-3-5-10-21)32(47)40-25(29(34)44)11-6-7-13-37-2/h3-5,9-10,15,17,24-27,37-38,43H,6-8,11-14,16,18-19H2,1-2H3,(H2,34,44)(H,40,47)(H,41,45)(H,42,46)(H4,35,36,39). The number of benzene rings is 2.